The summed E-state index contributed by atoms with van der Waals surface area (Å²) < 4.78 is 0. The zero-order valence-electron chi connectivity index (χ0n) is 5.38. The highest BCUT2D eigenvalue weighted by Crippen LogP contribution is 2.16. The van der Waals surface area contributed by atoms with E-state index in [1.54, 1.807) is 12.3 Å². The van der Waals surface area contributed by atoms with Crippen LogP contribution in [0.1, 0.15) is 18.0 Å². The van der Waals surface area contributed by atoms with Gasteiger partial charge in [-0.25, -0.2) is 9.97 Å². The fraction of sp³-hybridized carbons (Fsp3) is 0.333. The third-order valence-electron chi connectivity index (χ3n) is 1.06. The molecule has 2 nitrogen and oxygen atoms in total. The Morgan fingerprint density at radius 3 is 2.70 bits per heavy atom. The van der Waals surface area contributed by atoms with E-state index in [-0.39, 0.29) is 10.7 Å². The molecule has 0 N–H and O–H groups in total. The van der Waals surface area contributed by atoms with Crippen molar-refractivity contribution in [2.75, 3.05) is 0 Å². The van der Waals surface area contributed by atoms with E-state index in [0.717, 1.165) is 5.69 Å². The molecule has 0 saturated heterocycles. The van der Waals surface area contributed by atoms with Gasteiger partial charge < -0.3 is 0 Å². The SMILES string of the molecule is CC(Cl)c1ccnc(Cl)n1. The molecule has 0 bridgehead atoms. The van der Waals surface area contributed by atoms with Crippen molar-refractivity contribution in [3.05, 3.63) is 23.2 Å². The first-order valence-corrected chi connectivity index (χ1v) is 3.64. The van der Waals surface area contributed by atoms with Crippen LogP contribution in [0.2, 0.25) is 5.28 Å². The van der Waals surface area contributed by atoms with Crippen LogP contribution in [0.4, 0.5) is 0 Å². The summed E-state index contributed by atoms with van der Waals surface area (Å²) in [5.74, 6) is 0. The highest BCUT2D eigenvalue weighted by molar-refractivity contribution is 6.28. The number of rotatable bonds is 1. The van der Waals surface area contributed by atoms with E-state index in [0.29, 0.717) is 0 Å². The number of halogens is 2. The Bertz CT molecular complexity index is 225. The van der Waals surface area contributed by atoms with Crippen molar-refractivity contribution in [3.63, 3.8) is 0 Å². The van der Waals surface area contributed by atoms with Crippen LogP contribution in [0.5, 0.6) is 0 Å². The number of nitrogens with zero attached hydrogens (tertiary/aromatic N) is 2. The minimum absolute atomic E-state index is 0.111. The number of aromatic nitrogens is 2. The molecular weight excluding hydrogens is 171 g/mol. The molecule has 4 heteroatoms. The zero-order chi connectivity index (χ0) is 7.56. The largest absolute Gasteiger partial charge is 0.227 e. The normalized spacial score (nSPS) is 13.1. The Hall–Kier alpha value is -0.340. The van der Waals surface area contributed by atoms with Gasteiger partial charge in [0.15, 0.2) is 0 Å². The molecule has 0 aliphatic rings. The van der Waals surface area contributed by atoms with E-state index in [2.05, 4.69) is 9.97 Å². The van der Waals surface area contributed by atoms with E-state index >= 15 is 0 Å². The van der Waals surface area contributed by atoms with Gasteiger partial charge in [-0.05, 0) is 24.6 Å². The lowest BCUT2D eigenvalue weighted by atomic mass is 10.3. The van der Waals surface area contributed by atoms with Gasteiger partial charge in [0.1, 0.15) is 0 Å². The highest BCUT2D eigenvalue weighted by atomic mass is 35.5. The fourth-order valence-corrected chi connectivity index (χ4v) is 0.845. The van der Waals surface area contributed by atoms with Gasteiger partial charge in [-0.15, -0.1) is 11.6 Å². The molecule has 54 valence electrons. The first kappa shape index (κ1) is 7.76. The average Bonchev–Trinajstić information content (AvgIpc) is 1.88. The van der Waals surface area contributed by atoms with Gasteiger partial charge in [-0.2, -0.15) is 0 Å². The molecule has 0 spiro atoms. The van der Waals surface area contributed by atoms with Crippen molar-refractivity contribution in [2.24, 2.45) is 0 Å². The van der Waals surface area contributed by atoms with Crippen LogP contribution < -0.4 is 0 Å². The van der Waals surface area contributed by atoms with E-state index in [9.17, 15) is 0 Å². The quantitative estimate of drug-likeness (QED) is 0.486. The highest BCUT2D eigenvalue weighted by Gasteiger charge is 2.01. The second-order valence-corrected chi connectivity index (χ2v) is 2.86. The smallest absolute Gasteiger partial charge is 0.222 e. The van der Waals surface area contributed by atoms with E-state index in [1.807, 2.05) is 6.92 Å². The Balaban J connectivity index is 2.96. The molecule has 0 saturated carbocycles. The molecule has 1 rings (SSSR count). The summed E-state index contributed by atoms with van der Waals surface area (Å²) in [7, 11) is 0. The van der Waals surface area contributed by atoms with Gasteiger partial charge in [0.05, 0.1) is 11.1 Å². The summed E-state index contributed by atoms with van der Waals surface area (Å²) in [6.45, 7) is 1.83. The van der Waals surface area contributed by atoms with E-state index in [4.69, 9.17) is 23.2 Å². The van der Waals surface area contributed by atoms with Crippen molar-refractivity contribution in [1.29, 1.82) is 0 Å². The Labute approximate surface area is 69.2 Å². The maximum Gasteiger partial charge on any atom is 0.222 e. The Morgan fingerprint density at radius 2 is 2.30 bits per heavy atom. The Kier molecular flexibility index (Phi) is 2.46. The van der Waals surface area contributed by atoms with E-state index in [1.165, 1.54) is 0 Å². The Morgan fingerprint density at radius 1 is 1.60 bits per heavy atom. The summed E-state index contributed by atoms with van der Waals surface area (Å²) in [4.78, 5) is 7.61. The lowest BCUT2D eigenvalue weighted by Crippen LogP contribution is -1.90. The molecule has 1 atom stereocenters. The van der Waals surface area contributed by atoms with Crippen molar-refractivity contribution >= 4 is 23.2 Å². The average molecular weight is 177 g/mol. The topological polar surface area (TPSA) is 25.8 Å². The van der Waals surface area contributed by atoms with Crippen molar-refractivity contribution in [1.82, 2.24) is 9.97 Å². The molecule has 1 aromatic rings. The van der Waals surface area contributed by atoms with Crippen LogP contribution in [0, 0.1) is 0 Å². The summed E-state index contributed by atoms with van der Waals surface area (Å²) in [6, 6.07) is 1.74. The van der Waals surface area contributed by atoms with Gasteiger partial charge in [-0.3, -0.25) is 0 Å². The first-order chi connectivity index (χ1) is 4.70. The van der Waals surface area contributed by atoms with Crippen molar-refractivity contribution < 1.29 is 0 Å². The first-order valence-electron chi connectivity index (χ1n) is 2.82. The molecule has 1 aromatic heterocycles. The summed E-state index contributed by atoms with van der Waals surface area (Å²) >= 11 is 11.2. The van der Waals surface area contributed by atoms with Crippen LogP contribution >= 0.6 is 23.2 Å². The van der Waals surface area contributed by atoms with Gasteiger partial charge in [0.25, 0.3) is 0 Å². The van der Waals surface area contributed by atoms with Crippen LogP contribution in [0.3, 0.4) is 0 Å². The molecule has 0 aliphatic heterocycles. The molecule has 0 amide bonds. The third kappa shape index (κ3) is 1.82. The number of hydrogen-bond donors (Lipinski definition) is 0. The second-order valence-electron chi connectivity index (χ2n) is 1.87. The standard InChI is InChI=1S/C6H6Cl2N2/c1-4(7)5-2-3-9-6(8)10-5/h2-4H,1H3. The van der Waals surface area contributed by atoms with Crippen LogP contribution in [0.15, 0.2) is 12.3 Å². The molecule has 0 fully saturated rings. The predicted octanol–water partition coefficient (Wildman–Crippen LogP) is 2.43. The lowest BCUT2D eigenvalue weighted by Gasteiger charge is -1.99. The third-order valence-corrected chi connectivity index (χ3v) is 1.46. The van der Waals surface area contributed by atoms with Crippen LogP contribution in [0.25, 0.3) is 0 Å². The van der Waals surface area contributed by atoms with Gasteiger partial charge in [0.2, 0.25) is 5.28 Å². The van der Waals surface area contributed by atoms with Crippen molar-refractivity contribution in [2.45, 2.75) is 12.3 Å². The molecule has 0 radical (unpaired) electrons. The maximum absolute atomic E-state index is 5.73. The minimum atomic E-state index is -0.111. The van der Waals surface area contributed by atoms with E-state index < -0.39 is 0 Å². The molecule has 10 heavy (non-hydrogen) atoms. The van der Waals surface area contributed by atoms with Gasteiger partial charge in [-0.1, -0.05) is 0 Å². The molecule has 0 aliphatic carbocycles. The fourth-order valence-electron chi connectivity index (χ4n) is 0.569. The monoisotopic (exact) mass is 176 g/mol. The number of hydrogen-bond acceptors (Lipinski definition) is 2. The van der Waals surface area contributed by atoms with Crippen molar-refractivity contribution in [3.8, 4) is 0 Å². The molecule has 1 unspecified atom stereocenters. The minimum Gasteiger partial charge on any atom is -0.227 e. The second kappa shape index (κ2) is 3.17. The predicted molar refractivity (Wildman–Crippen MR) is 41.3 cm³/mol. The summed E-state index contributed by atoms with van der Waals surface area (Å²) in [5.41, 5.74) is 0.752. The maximum atomic E-state index is 5.73. The molecular formula is C6H6Cl2N2. The number of alkyl halides is 1. The summed E-state index contributed by atoms with van der Waals surface area (Å²) in [5, 5.41) is 0.130. The summed E-state index contributed by atoms with van der Waals surface area (Å²) in [6.07, 6.45) is 1.59. The molecule has 1 heterocycles. The van der Waals surface area contributed by atoms with Crippen LogP contribution in [-0.2, 0) is 0 Å². The molecule has 0 aromatic carbocycles. The lowest BCUT2D eigenvalue weighted by molar-refractivity contribution is 0.967. The van der Waals surface area contributed by atoms with Crippen LogP contribution in [-0.4, -0.2) is 9.97 Å². The zero-order valence-corrected chi connectivity index (χ0v) is 6.89. The van der Waals surface area contributed by atoms with Gasteiger partial charge in [0, 0.05) is 6.20 Å². The van der Waals surface area contributed by atoms with Gasteiger partial charge >= 0.3 is 0 Å².